The Balaban J connectivity index is 3.86. The molecular weight excluding hydrogens is 223 g/mol. The minimum atomic E-state index is -4.46. The molecule has 16 heavy (non-hydrogen) atoms. The average molecular weight is 241 g/mol. The van der Waals surface area contributed by atoms with E-state index in [0.717, 1.165) is 12.8 Å². The molecule has 0 bridgehead atoms. The lowest BCUT2D eigenvalue weighted by atomic mass is 10.0. The van der Waals surface area contributed by atoms with Crippen LogP contribution in [0.2, 0.25) is 0 Å². The van der Waals surface area contributed by atoms with Crippen molar-refractivity contribution >= 4 is 5.91 Å². The van der Waals surface area contributed by atoms with Gasteiger partial charge in [0, 0.05) is 13.2 Å². The minimum absolute atomic E-state index is 0.0141. The number of alkyl halides is 3. The highest BCUT2D eigenvalue weighted by Gasteiger charge is 2.31. The molecule has 0 spiro atoms. The number of amides is 1. The molecule has 0 aliphatic carbocycles. The van der Waals surface area contributed by atoms with Gasteiger partial charge in [-0.1, -0.05) is 13.3 Å². The van der Waals surface area contributed by atoms with E-state index in [1.807, 2.05) is 6.92 Å². The molecule has 0 radical (unpaired) electrons. The third kappa shape index (κ3) is 8.52. The van der Waals surface area contributed by atoms with Gasteiger partial charge in [0.1, 0.15) is 6.42 Å². The fourth-order valence-corrected chi connectivity index (χ4v) is 1.44. The van der Waals surface area contributed by atoms with Crippen LogP contribution < -0.4 is 5.32 Å². The largest absolute Gasteiger partial charge is 0.397 e. The molecule has 6 heteroatoms. The monoisotopic (exact) mass is 241 g/mol. The van der Waals surface area contributed by atoms with Gasteiger partial charge in [-0.3, -0.25) is 4.79 Å². The number of rotatable bonds is 7. The average Bonchev–Trinajstić information content (AvgIpc) is 2.12. The van der Waals surface area contributed by atoms with Gasteiger partial charge >= 0.3 is 6.18 Å². The van der Waals surface area contributed by atoms with E-state index in [1.54, 1.807) is 0 Å². The van der Waals surface area contributed by atoms with Crippen LogP contribution in [0.25, 0.3) is 0 Å². The first-order valence-corrected chi connectivity index (χ1v) is 5.33. The van der Waals surface area contributed by atoms with E-state index in [1.165, 1.54) is 0 Å². The first-order chi connectivity index (χ1) is 7.39. The summed E-state index contributed by atoms with van der Waals surface area (Å²) in [4.78, 5) is 10.9. The van der Waals surface area contributed by atoms with Gasteiger partial charge in [-0.05, 0) is 18.8 Å². The van der Waals surface area contributed by atoms with E-state index >= 15 is 0 Å². The zero-order chi connectivity index (χ0) is 12.6. The molecule has 0 aromatic rings. The Kier molecular flexibility index (Phi) is 7.12. The maximum atomic E-state index is 11.8. The molecule has 1 unspecified atom stereocenters. The Morgan fingerprint density at radius 3 is 2.44 bits per heavy atom. The maximum Gasteiger partial charge on any atom is 0.397 e. The van der Waals surface area contributed by atoms with Crippen molar-refractivity contribution in [3.05, 3.63) is 0 Å². The van der Waals surface area contributed by atoms with Crippen molar-refractivity contribution in [2.45, 2.75) is 38.8 Å². The van der Waals surface area contributed by atoms with E-state index in [4.69, 9.17) is 5.11 Å². The van der Waals surface area contributed by atoms with Crippen LogP contribution in [0.3, 0.4) is 0 Å². The topological polar surface area (TPSA) is 49.3 Å². The number of hydrogen-bond acceptors (Lipinski definition) is 2. The van der Waals surface area contributed by atoms with Gasteiger partial charge in [0.25, 0.3) is 0 Å². The van der Waals surface area contributed by atoms with E-state index in [9.17, 15) is 18.0 Å². The first kappa shape index (κ1) is 15.2. The van der Waals surface area contributed by atoms with Crippen molar-refractivity contribution in [1.82, 2.24) is 5.32 Å². The molecule has 0 aliphatic heterocycles. The predicted octanol–water partition coefficient (Wildman–Crippen LogP) is 1.85. The number of carbonyl (C=O) groups excluding carboxylic acids is 1. The van der Waals surface area contributed by atoms with E-state index in [2.05, 4.69) is 5.32 Å². The summed E-state index contributed by atoms with van der Waals surface area (Å²) in [5.74, 6) is -0.960. The molecule has 0 aromatic carbocycles. The number of hydrogen-bond donors (Lipinski definition) is 2. The zero-order valence-electron chi connectivity index (χ0n) is 9.31. The summed E-state index contributed by atoms with van der Waals surface area (Å²) in [6, 6.07) is 0. The van der Waals surface area contributed by atoms with Crippen LogP contribution in [0.5, 0.6) is 0 Å². The van der Waals surface area contributed by atoms with Gasteiger partial charge in [0.2, 0.25) is 5.91 Å². The Morgan fingerprint density at radius 2 is 2.00 bits per heavy atom. The summed E-state index contributed by atoms with van der Waals surface area (Å²) < 4.78 is 35.5. The highest BCUT2D eigenvalue weighted by Crippen LogP contribution is 2.19. The lowest BCUT2D eigenvalue weighted by Gasteiger charge is -2.16. The molecule has 2 N–H and O–H groups in total. The van der Waals surface area contributed by atoms with Crippen LogP contribution in [0.15, 0.2) is 0 Å². The summed E-state index contributed by atoms with van der Waals surface area (Å²) in [6.07, 6.45) is -3.74. The summed E-state index contributed by atoms with van der Waals surface area (Å²) in [5, 5.41) is 11.0. The summed E-state index contributed by atoms with van der Waals surface area (Å²) in [7, 11) is 0. The SMILES string of the molecule is CCCC(CCO)CNC(=O)CC(F)(F)F. The highest BCUT2D eigenvalue weighted by atomic mass is 19.4. The Bertz CT molecular complexity index is 201. The summed E-state index contributed by atoms with van der Waals surface area (Å²) in [6.45, 7) is 2.13. The smallest absolute Gasteiger partial charge is 0.396 e. The normalized spacial score (nSPS) is 13.6. The predicted molar refractivity (Wildman–Crippen MR) is 53.8 cm³/mol. The number of halogens is 3. The van der Waals surface area contributed by atoms with Crippen molar-refractivity contribution in [3.8, 4) is 0 Å². The summed E-state index contributed by atoms with van der Waals surface area (Å²) >= 11 is 0. The Morgan fingerprint density at radius 1 is 1.38 bits per heavy atom. The van der Waals surface area contributed by atoms with Crippen molar-refractivity contribution in [3.63, 3.8) is 0 Å². The van der Waals surface area contributed by atoms with Crippen molar-refractivity contribution < 1.29 is 23.1 Å². The van der Waals surface area contributed by atoms with E-state index in [0.29, 0.717) is 6.42 Å². The second-order valence-corrected chi connectivity index (χ2v) is 3.76. The molecule has 1 amide bonds. The highest BCUT2D eigenvalue weighted by molar-refractivity contribution is 5.76. The van der Waals surface area contributed by atoms with Crippen molar-refractivity contribution in [2.24, 2.45) is 5.92 Å². The van der Waals surface area contributed by atoms with Crippen LogP contribution in [-0.4, -0.2) is 30.3 Å². The second-order valence-electron chi connectivity index (χ2n) is 3.76. The second kappa shape index (κ2) is 7.49. The van der Waals surface area contributed by atoms with E-state index in [-0.39, 0.29) is 19.1 Å². The van der Waals surface area contributed by atoms with Crippen LogP contribution in [0.1, 0.15) is 32.6 Å². The zero-order valence-corrected chi connectivity index (χ0v) is 9.31. The van der Waals surface area contributed by atoms with Gasteiger partial charge in [0.05, 0.1) is 0 Å². The van der Waals surface area contributed by atoms with Gasteiger partial charge in [0.15, 0.2) is 0 Å². The van der Waals surface area contributed by atoms with Crippen molar-refractivity contribution in [1.29, 1.82) is 0 Å². The van der Waals surface area contributed by atoms with Crippen LogP contribution in [0.4, 0.5) is 13.2 Å². The quantitative estimate of drug-likeness (QED) is 0.714. The number of nitrogens with one attached hydrogen (secondary N) is 1. The van der Waals surface area contributed by atoms with Gasteiger partial charge in [-0.15, -0.1) is 0 Å². The maximum absolute atomic E-state index is 11.8. The molecular formula is C10H18F3NO2. The van der Waals surface area contributed by atoms with Crippen LogP contribution in [-0.2, 0) is 4.79 Å². The van der Waals surface area contributed by atoms with Crippen LogP contribution >= 0.6 is 0 Å². The third-order valence-electron chi connectivity index (χ3n) is 2.18. The number of carbonyl (C=O) groups is 1. The molecule has 1 atom stereocenters. The Hall–Kier alpha value is -0.780. The number of aliphatic hydroxyl groups is 1. The Labute approximate surface area is 93.0 Å². The lowest BCUT2D eigenvalue weighted by Crippen LogP contribution is -2.32. The molecule has 96 valence electrons. The van der Waals surface area contributed by atoms with Crippen LogP contribution in [0, 0.1) is 5.92 Å². The lowest BCUT2D eigenvalue weighted by molar-refractivity contribution is -0.153. The molecule has 0 aliphatic rings. The molecule has 0 rings (SSSR count). The molecule has 0 saturated heterocycles. The third-order valence-corrected chi connectivity index (χ3v) is 2.18. The molecule has 0 aromatic heterocycles. The fraction of sp³-hybridized carbons (Fsp3) is 0.900. The van der Waals surface area contributed by atoms with Gasteiger partial charge in [-0.2, -0.15) is 13.2 Å². The van der Waals surface area contributed by atoms with Gasteiger partial charge < -0.3 is 10.4 Å². The molecule has 3 nitrogen and oxygen atoms in total. The van der Waals surface area contributed by atoms with Gasteiger partial charge in [-0.25, -0.2) is 0 Å². The minimum Gasteiger partial charge on any atom is -0.396 e. The first-order valence-electron chi connectivity index (χ1n) is 5.33. The van der Waals surface area contributed by atoms with E-state index < -0.39 is 18.5 Å². The fourth-order valence-electron chi connectivity index (χ4n) is 1.44. The van der Waals surface area contributed by atoms with Crippen molar-refractivity contribution in [2.75, 3.05) is 13.2 Å². The molecule has 0 saturated carbocycles. The molecule has 0 fully saturated rings. The summed E-state index contributed by atoms with van der Waals surface area (Å²) in [5.41, 5.74) is 0. The molecule has 0 heterocycles. The number of aliphatic hydroxyl groups excluding tert-OH is 1. The standard InChI is InChI=1S/C10H18F3NO2/c1-2-3-8(4-5-15)7-14-9(16)6-10(11,12)13/h8,15H,2-7H2,1H3,(H,14,16).